The van der Waals surface area contributed by atoms with E-state index in [4.69, 9.17) is 9.16 Å². The highest BCUT2D eigenvalue weighted by molar-refractivity contribution is 6.74. The van der Waals surface area contributed by atoms with Gasteiger partial charge in [-0.3, -0.25) is 4.79 Å². The normalized spacial score (nSPS) is 38.7. The number of hydrogen-bond acceptors (Lipinski definition) is 3. The van der Waals surface area contributed by atoms with Crippen LogP contribution in [0.2, 0.25) is 18.1 Å². The second-order valence-electron chi connectivity index (χ2n) is 10.9. The third-order valence-corrected chi connectivity index (χ3v) is 12.3. The Kier molecular flexibility index (Phi) is 6.16. The molecule has 3 nitrogen and oxygen atoms in total. The maximum atomic E-state index is 13.0. The van der Waals surface area contributed by atoms with Crippen molar-refractivity contribution in [3.63, 3.8) is 0 Å². The second kappa shape index (κ2) is 7.85. The molecule has 0 unspecified atom stereocenters. The van der Waals surface area contributed by atoms with Crippen molar-refractivity contribution in [3.8, 4) is 0 Å². The van der Waals surface area contributed by atoms with Crippen molar-refractivity contribution < 1.29 is 14.0 Å². The summed E-state index contributed by atoms with van der Waals surface area (Å²) in [5.74, 6) is 0.998. The van der Waals surface area contributed by atoms with Gasteiger partial charge in [0.1, 0.15) is 5.78 Å². The van der Waals surface area contributed by atoms with Crippen LogP contribution in [0.3, 0.4) is 0 Å². The van der Waals surface area contributed by atoms with E-state index in [2.05, 4.69) is 60.4 Å². The van der Waals surface area contributed by atoms with Crippen LogP contribution in [0.15, 0.2) is 23.8 Å². The molecule has 1 aliphatic carbocycles. The number of ketones is 1. The van der Waals surface area contributed by atoms with Gasteiger partial charge >= 0.3 is 0 Å². The summed E-state index contributed by atoms with van der Waals surface area (Å²) in [6.07, 6.45) is 6.88. The lowest BCUT2D eigenvalue weighted by Crippen LogP contribution is -2.50. The van der Waals surface area contributed by atoms with Gasteiger partial charge in [0.2, 0.25) is 0 Å². The summed E-state index contributed by atoms with van der Waals surface area (Å²) in [6.45, 7) is 20.1. The second-order valence-corrected chi connectivity index (χ2v) is 15.7. The van der Waals surface area contributed by atoms with Gasteiger partial charge in [0.15, 0.2) is 8.32 Å². The molecule has 3 rings (SSSR count). The molecule has 0 aromatic carbocycles. The number of fused-ring (bicyclic) bond motifs is 5. The van der Waals surface area contributed by atoms with Gasteiger partial charge in [-0.25, -0.2) is 0 Å². The Bertz CT molecular complexity index is 657. The van der Waals surface area contributed by atoms with Crippen LogP contribution in [0.1, 0.15) is 66.7 Å². The molecule has 158 valence electrons. The molecular formula is C24H40O3Si. The zero-order chi connectivity index (χ0) is 20.9. The van der Waals surface area contributed by atoms with Gasteiger partial charge in [0, 0.05) is 12.3 Å². The number of hydrogen-bond donors (Lipinski definition) is 0. The third kappa shape index (κ3) is 4.10. The van der Waals surface area contributed by atoms with E-state index in [1.54, 1.807) is 0 Å². The molecule has 6 atom stereocenters. The van der Waals surface area contributed by atoms with Gasteiger partial charge in [-0.05, 0) is 63.6 Å². The minimum Gasteiger partial charge on any atom is -0.411 e. The van der Waals surface area contributed by atoms with Crippen molar-refractivity contribution in [2.75, 3.05) is 0 Å². The predicted octanol–water partition coefficient (Wildman–Crippen LogP) is 6.06. The molecule has 0 aromatic rings. The summed E-state index contributed by atoms with van der Waals surface area (Å²) >= 11 is 0. The fraction of sp³-hybridized carbons (Fsp3) is 0.792. The maximum absolute atomic E-state index is 13.0. The molecule has 4 heteroatoms. The molecule has 1 saturated heterocycles. The summed E-state index contributed by atoms with van der Waals surface area (Å²) in [4.78, 5) is 13.0. The molecule has 2 bridgehead atoms. The van der Waals surface area contributed by atoms with Crippen LogP contribution >= 0.6 is 0 Å². The first-order chi connectivity index (χ1) is 12.9. The summed E-state index contributed by atoms with van der Waals surface area (Å²) in [7, 11) is -1.93. The first kappa shape index (κ1) is 22.0. The van der Waals surface area contributed by atoms with Gasteiger partial charge in [0.25, 0.3) is 0 Å². The van der Waals surface area contributed by atoms with Crippen LogP contribution < -0.4 is 0 Å². The number of allylic oxidation sites excluding steroid dienone is 2. The highest BCUT2D eigenvalue weighted by Crippen LogP contribution is 2.51. The lowest BCUT2D eigenvalue weighted by Gasteiger charge is -2.43. The van der Waals surface area contributed by atoms with Crippen molar-refractivity contribution in [2.24, 2.45) is 17.8 Å². The molecule has 2 heterocycles. The molecule has 0 amide bonds. The summed E-state index contributed by atoms with van der Waals surface area (Å²) < 4.78 is 13.7. The van der Waals surface area contributed by atoms with Crippen LogP contribution in [0.5, 0.6) is 0 Å². The number of Topliss-reactive ketones (excluding diaryl/α,β-unsaturated/α-hetero) is 1. The van der Waals surface area contributed by atoms with Gasteiger partial charge in [-0.1, -0.05) is 44.6 Å². The van der Waals surface area contributed by atoms with E-state index in [9.17, 15) is 4.79 Å². The summed E-state index contributed by atoms with van der Waals surface area (Å²) in [5, 5.41) is 0.157. The quantitative estimate of drug-likeness (QED) is 0.423. The Balaban J connectivity index is 1.99. The van der Waals surface area contributed by atoms with Gasteiger partial charge in [-0.15, -0.1) is 0 Å². The largest absolute Gasteiger partial charge is 0.411 e. The van der Waals surface area contributed by atoms with Crippen molar-refractivity contribution in [1.29, 1.82) is 0 Å². The van der Waals surface area contributed by atoms with Crippen LogP contribution in [0.25, 0.3) is 0 Å². The number of ether oxygens (including phenoxy) is 1. The smallest absolute Gasteiger partial charge is 0.192 e. The van der Waals surface area contributed by atoms with Gasteiger partial charge in [0.05, 0.1) is 24.2 Å². The molecule has 0 spiro atoms. The fourth-order valence-electron chi connectivity index (χ4n) is 5.21. The van der Waals surface area contributed by atoms with Gasteiger partial charge < -0.3 is 9.16 Å². The van der Waals surface area contributed by atoms with Crippen molar-refractivity contribution in [2.45, 2.75) is 103 Å². The van der Waals surface area contributed by atoms with Crippen LogP contribution in [-0.2, 0) is 14.0 Å². The average molecular weight is 405 g/mol. The first-order valence-electron chi connectivity index (χ1n) is 11.1. The minimum atomic E-state index is -1.93. The fourth-order valence-corrected chi connectivity index (χ4v) is 6.58. The monoisotopic (exact) mass is 404 g/mol. The standard InChI is InChI=1S/C24H40O3Si/c1-15(2)17-12-13-18(25)22-20-14-16(3)10-9-11-19(23(26-20)21(17)22)27-28(7,8)24(4,5)6/h10,17,19-23H,1,9,11-14H2,2-8H3/b16-10-/t17-,19+,20-,21-,22-,23+/m1/s1. The zero-order valence-corrected chi connectivity index (χ0v) is 20.0. The molecule has 28 heavy (non-hydrogen) atoms. The Morgan fingerprint density at radius 1 is 1.29 bits per heavy atom. The molecule has 0 N–H and O–H groups in total. The topological polar surface area (TPSA) is 35.5 Å². The van der Waals surface area contributed by atoms with E-state index in [1.807, 2.05) is 0 Å². The molecule has 3 aliphatic rings. The van der Waals surface area contributed by atoms with Crippen molar-refractivity contribution in [1.82, 2.24) is 0 Å². The molecule has 2 aliphatic heterocycles. The van der Waals surface area contributed by atoms with Crippen LogP contribution in [0.4, 0.5) is 0 Å². The SMILES string of the molecule is C=C(C)[C@H]1CCC(=O)[C@H]2[C@@H]1[C@H]1O[C@@H]2C/C(C)=C\CC[C@@H]1O[Si](C)(C)C(C)(C)C. The van der Waals surface area contributed by atoms with E-state index in [0.717, 1.165) is 25.7 Å². The van der Waals surface area contributed by atoms with E-state index < -0.39 is 8.32 Å². The van der Waals surface area contributed by atoms with Crippen LogP contribution in [0, 0.1) is 17.8 Å². The van der Waals surface area contributed by atoms with Gasteiger partial charge in [-0.2, -0.15) is 0 Å². The molecule has 0 radical (unpaired) electrons. The van der Waals surface area contributed by atoms with E-state index >= 15 is 0 Å². The lowest BCUT2D eigenvalue weighted by atomic mass is 9.65. The van der Waals surface area contributed by atoms with E-state index in [0.29, 0.717) is 18.1 Å². The minimum absolute atomic E-state index is 0.00418. The van der Waals surface area contributed by atoms with Crippen molar-refractivity contribution >= 4 is 14.1 Å². The number of carbonyl (C=O) groups excluding carboxylic acids is 1. The molecular weight excluding hydrogens is 364 g/mol. The van der Waals surface area contributed by atoms with Crippen LogP contribution in [-0.4, -0.2) is 32.4 Å². The molecule has 1 saturated carbocycles. The number of rotatable bonds is 3. The first-order valence-corrected chi connectivity index (χ1v) is 14.0. The maximum Gasteiger partial charge on any atom is 0.192 e. The highest BCUT2D eigenvalue weighted by atomic mass is 28.4. The Labute approximate surface area is 173 Å². The van der Waals surface area contributed by atoms with Crippen molar-refractivity contribution in [3.05, 3.63) is 23.8 Å². The summed E-state index contributed by atoms with van der Waals surface area (Å²) in [6, 6.07) is 0. The third-order valence-electron chi connectivity index (χ3n) is 7.78. The summed E-state index contributed by atoms with van der Waals surface area (Å²) in [5.41, 5.74) is 2.55. The van der Waals surface area contributed by atoms with E-state index in [-0.39, 0.29) is 35.2 Å². The molecule has 0 aromatic heterocycles. The lowest BCUT2D eigenvalue weighted by molar-refractivity contribution is -0.128. The number of carbonyl (C=O) groups is 1. The van der Waals surface area contributed by atoms with E-state index in [1.165, 1.54) is 11.1 Å². The Hall–Kier alpha value is -0.713. The zero-order valence-electron chi connectivity index (χ0n) is 19.0. The highest BCUT2D eigenvalue weighted by Gasteiger charge is 2.56. The average Bonchev–Trinajstić information content (AvgIpc) is 2.94. The Morgan fingerprint density at radius 2 is 1.96 bits per heavy atom. The molecule has 2 fully saturated rings. The predicted molar refractivity (Wildman–Crippen MR) is 118 cm³/mol. The Morgan fingerprint density at radius 3 is 2.57 bits per heavy atom.